The number of ether oxygens (including phenoxy) is 2. The predicted molar refractivity (Wildman–Crippen MR) is 53.2 cm³/mol. The highest BCUT2D eigenvalue weighted by molar-refractivity contribution is 5.48. The van der Waals surface area contributed by atoms with E-state index in [1.807, 2.05) is 25.1 Å². The summed E-state index contributed by atoms with van der Waals surface area (Å²) in [6, 6.07) is 5.89. The third-order valence-electron chi connectivity index (χ3n) is 2.31. The quantitative estimate of drug-likeness (QED) is 0.544. The monoisotopic (exact) mass is 194 g/mol. The van der Waals surface area contributed by atoms with Gasteiger partial charge in [-0.3, -0.25) is 11.3 Å². The van der Waals surface area contributed by atoms with Gasteiger partial charge in [0.15, 0.2) is 11.5 Å². The van der Waals surface area contributed by atoms with Gasteiger partial charge < -0.3 is 9.47 Å². The van der Waals surface area contributed by atoms with Gasteiger partial charge in [-0.2, -0.15) is 0 Å². The van der Waals surface area contributed by atoms with E-state index in [0.29, 0.717) is 13.2 Å². The van der Waals surface area contributed by atoms with E-state index in [0.717, 1.165) is 17.1 Å². The van der Waals surface area contributed by atoms with E-state index in [9.17, 15) is 0 Å². The molecule has 1 aliphatic heterocycles. The molecule has 0 bridgehead atoms. The van der Waals surface area contributed by atoms with Crippen LogP contribution in [0.1, 0.15) is 18.5 Å². The van der Waals surface area contributed by atoms with Crippen LogP contribution < -0.4 is 20.7 Å². The topological polar surface area (TPSA) is 56.5 Å². The predicted octanol–water partition coefficient (Wildman–Crippen LogP) is 0.982. The van der Waals surface area contributed by atoms with Gasteiger partial charge >= 0.3 is 0 Å². The van der Waals surface area contributed by atoms with E-state index in [1.165, 1.54) is 0 Å². The minimum absolute atomic E-state index is 0.0617. The van der Waals surface area contributed by atoms with Crippen molar-refractivity contribution in [3.05, 3.63) is 23.8 Å². The number of rotatable bonds is 2. The largest absolute Gasteiger partial charge is 0.486 e. The van der Waals surface area contributed by atoms with Crippen LogP contribution in [0.5, 0.6) is 11.5 Å². The molecule has 0 saturated heterocycles. The third kappa shape index (κ3) is 1.54. The van der Waals surface area contributed by atoms with Gasteiger partial charge in [-0.05, 0) is 13.0 Å². The highest BCUT2D eigenvalue weighted by Gasteiger charge is 2.18. The van der Waals surface area contributed by atoms with Crippen LogP contribution >= 0.6 is 0 Å². The van der Waals surface area contributed by atoms with Gasteiger partial charge in [-0.1, -0.05) is 12.1 Å². The lowest BCUT2D eigenvalue weighted by atomic mass is 10.1. The summed E-state index contributed by atoms with van der Waals surface area (Å²) < 4.78 is 11.0. The van der Waals surface area contributed by atoms with Gasteiger partial charge in [0.05, 0.1) is 0 Å². The second kappa shape index (κ2) is 3.86. The molecule has 0 spiro atoms. The van der Waals surface area contributed by atoms with Gasteiger partial charge in [0.2, 0.25) is 0 Å². The standard InChI is InChI=1S/C10H14N2O2/c1-7(12-11)8-3-2-4-9-10(8)14-6-5-13-9/h2-4,7,12H,5-6,11H2,1H3. The number of hydrogen-bond acceptors (Lipinski definition) is 4. The molecule has 76 valence electrons. The molecule has 1 heterocycles. The summed E-state index contributed by atoms with van der Waals surface area (Å²) in [4.78, 5) is 0. The van der Waals surface area contributed by atoms with Gasteiger partial charge in [0, 0.05) is 11.6 Å². The Morgan fingerprint density at radius 3 is 2.93 bits per heavy atom. The molecule has 4 heteroatoms. The smallest absolute Gasteiger partial charge is 0.166 e. The number of nitrogens with one attached hydrogen (secondary N) is 1. The molecule has 0 amide bonds. The molecule has 1 unspecified atom stereocenters. The van der Waals surface area contributed by atoms with Gasteiger partial charge in [-0.15, -0.1) is 0 Å². The zero-order valence-electron chi connectivity index (χ0n) is 8.12. The molecule has 3 N–H and O–H groups in total. The van der Waals surface area contributed by atoms with Crippen molar-refractivity contribution in [3.8, 4) is 11.5 Å². The van der Waals surface area contributed by atoms with Crippen molar-refractivity contribution >= 4 is 0 Å². The van der Waals surface area contributed by atoms with Gasteiger partial charge in [-0.25, -0.2) is 0 Å². The lowest BCUT2D eigenvalue weighted by Crippen LogP contribution is -2.27. The van der Waals surface area contributed by atoms with Crippen LogP contribution in [-0.2, 0) is 0 Å². The lowest BCUT2D eigenvalue weighted by molar-refractivity contribution is 0.169. The van der Waals surface area contributed by atoms with E-state index in [2.05, 4.69) is 5.43 Å². The maximum absolute atomic E-state index is 5.56. The third-order valence-corrected chi connectivity index (χ3v) is 2.31. The van der Waals surface area contributed by atoms with Crippen molar-refractivity contribution in [2.75, 3.05) is 13.2 Å². The first-order chi connectivity index (χ1) is 6.83. The molecule has 0 fully saturated rings. The molecule has 2 rings (SSSR count). The number of nitrogens with two attached hydrogens (primary N) is 1. The summed E-state index contributed by atoms with van der Waals surface area (Å²) in [5, 5.41) is 0. The first-order valence-corrected chi connectivity index (χ1v) is 4.67. The van der Waals surface area contributed by atoms with Crippen LogP contribution in [0.2, 0.25) is 0 Å². The number of benzene rings is 1. The van der Waals surface area contributed by atoms with Crippen LogP contribution in [0.15, 0.2) is 18.2 Å². The van der Waals surface area contributed by atoms with E-state index in [-0.39, 0.29) is 6.04 Å². The Kier molecular flexibility index (Phi) is 2.56. The molecule has 14 heavy (non-hydrogen) atoms. The normalized spacial score (nSPS) is 16.4. The number of para-hydroxylation sites is 1. The van der Waals surface area contributed by atoms with Crippen molar-refractivity contribution < 1.29 is 9.47 Å². The molecule has 0 aliphatic carbocycles. The molecule has 1 atom stereocenters. The summed E-state index contributed by atoms with van der Waals surface area (Å²) in [6.07, 6.45) is 0. The minimum atomic E-state index is 0.0617. The SMILES string of the molecule is CC(NN)c1cccc2c1OCCO2. The summed E-state index contributed by atoms with van der Waals surface area (Å²) >= 11 is 0. The summed E-state index contributed by atoms with van der Waals surface area (Å²) in [7, 11) is 0. The molecule has 1 aromatic rings. The zero-order chi connectivity index (χ0) is 9.97. The summed E-state index contributed by atoms with van der Waals surface area (Å²) in [5.41, 5.74) is 3.73. The fourth-order valence-corrected chi connectivity index (χ4v) is 1.53. The Labute approximate surface area is 83.0 Å². The van der Waals surface area contributed by atoms with Crippen LogP contribution in [0, 0.1) is 0 Å². The van der Waals surface area contributed by atoms with Crippen LogP contribution in [0.25, 0.3) is 0 Å². The zero-order valence-corrected chi connectivity index (χ0v) is 8.12. The maximum atomic E-state index is 5.56. The molecule has 0 radical (unpaired) electrons. The first-order valence-electron chi connectivity index (χ1n) is 4.67. The summed E-state index contributed by atoms with van der Waals surface area (Å²) in [5.74, 6) is 7.00. The van der Waals surface area contributed by atoms with Crippen molar-refractivity contribution in [1.29, 1.82) is 0 Å². The molecule has 1 aromatic carbocycles. The van der Waals surface area contributed by atoms with E-state index in [4.69, 9.17) is 15.3 Å². The lowest BCUT2D eigenvalue weighted by Gasteiger charge is -2.23. The average Bonchev–Trinajstić information content (AvgIpc) is 2.27. The highest BCUT2D eigenvalue weighted by atomic mass is 16.6. The highest BCUT2D eigenvalue weighted by Crippen LogP contribution is 2.36. The molecule has 0 saturated carbocycles. The second-order valence-electron chi connectivity index (χ2n) is 3.26. The first kappa shape index (κ1) is 9.30. The average molecular weight is 194 g/mol. The second-order valence-corrected chi connectivity index (χ2v) is 3.26. The number of hydrazine groups is 1. The fourth-order valence-electron chi connectivity index (χ4n) is 1.53. The van der Waals surface area contributed by atoms with E-state index < -0.39 is 0 Å². The van der Waals surface area contributed by atoms with Crippen LogP contribution in [0.4, 0.5) is 0 Å². The summed E-state index contributed by atoms with van der Waals surface area (Å²) in [6.45, 7) is 3.19. The Morgan fingerprint density at radius 2 is 2.14 bits per heavy atom. The number of hydrogen-bond donors (Lipinski definition) is 2. The van der Waals surface area contributed by atoms with E-state index in [1.54, 1.807) is 0 Å². The maximum Gasteiger partial charge on any atom is 0.166 e. The van der Waals surface area contributed by atoms with E-state index >= 15 is 0 Å². The molecule has 0 aromatic heterocycles. The van der Waals surface area contributed by atoms with Crippen LogP contribution in [-0.4, -0.2) is 13.2 Å². The Hall–Kier alpha value is -1.26. The van der Waals surface area contributed by atoms with Gasteiger partial charge in [0.1, 0.15) is 13.2 Å². The molecular weight excluding hydrogens is 180 g/mol. The molecule has 4 nitrogen and oxygen atoms in total. The molecular formula is C10H14N2O2. The van der Waals surface area contributed by atoms with Crippen LogP contribution in [0.3, 0.4) is 0 Å². The Bertz CT molecular complexity index is 328. The minimum Gasteiger partial charge on any atom is -0.486 e. The molecule has 1 aliphatic rings. The Balaban J connectivity index is 2.39. The number of fused-ring (bicyclic) bond motifs is 1. The fraction of sp³-hybridized carbons (Fsp3) is 0.400. The van der Waals surface area contributed by atoms with Crippen molar-refractivity contribution in [3.63, 3.8) is 0 Å². The van der Waals surface area contributed by atoms with Crippen molar-refractivity contribution in [2.24, 2.45) is 5.84 Å². The van der Waals surface area contributed by atoms with Crippen molar-refractivity contribution in [2.45, 2.75) is 13.0 Å². The van der Waals surface area contributed by atoms with Crippen molar-refractivity contribution in [1.82, 2.24) is 5.43 Å². The van der Waals surface area contributed by atoms with Gasteiger partial charge in [0.25, 0.3) is 0 Å². The Morgan fingerprint density at radius 1 is 1.36 bits per heavy atom.